The number of carbonyl (C=O) groups is 1. The van der Waals surface area contributed by atoms with Gasteiger partial charge < -0.3 is 9.64 Å². The average molecular weight is 264 g/mol. The van der Waals surface area contributed by atoms with Gasteiger partial charge in [-0.15, -0.1) is 0 Å². The molecule has 14 heavy (non-hydrogen) atoms. The number of carbonyl (C=O) groups excluding carboxylic acids is 1. The lowest BCUT2D eigenvalue weighted by molar-refractivity contribution is -0.135. The van der Waals surface area contributed by atoms with Gasteiger partial charge in [0, 0.05) is 20.2 Å². The molecule has 3 nitrogen and oxygen atoms in total. The first kappa shape index (κ1) is 12.0. The van der Waals surface area contributed by atoms with Crippen molar-refractivity contribution in [2.45, 2.75) is 31.2 Å². The number of likely N-dealkylation sites (tertiary alicyclic amines) is 1. The highest BCUT2D eigenvalue weighted by Gasteiger charge is 2.29. The number of alkyl halides is 1. The van der Waals surface area contributed by atoms with Crippen LogP contribution >= 0.6 is 15.9 Å². The minimum atomic E-state index is -0.0894. The second-order valence-corrected chi connectivity index (χ2v) is 5.31. The zero-order valence-corrected chi connectivity index (χ0v) is 10.6. The lowest BCUT2D eigenvalue weighted by Gasteiger charge is -2.36. The molecule has 0 aromatic heterocycles. The maximum atomic E-state index is 11.7. The van der Waals surface area contributed by atoms with E-state index in [-0.39, 0.29) is 16.8 Å². The van der Waals surface area contributed by atoms with Crippen molar-refractivity contribution in [3.05, 3.63) is 0 Å². The van der Waals surface area contributed by atoms with E-state index < -0.39 is 0 Å². The van der Waals surface area contributed by atoms with Gasteiger partial charge in [-0.3, -0.25) is 4.79 Å². The van der Waals surface area contributed by atoms with Crippen molar-refractivity contribution in [1.29, 1.82) is 0 Å². The van der Waals surface area contributed by atoms with Crippen LogP contribution in [-0.2, 0) is 9.53 Å². The maximum absolute atomic E-state index is 11.7. The zero-order valence-electron chi connectivity index (χ0n) is 9.00. The molecule has 0 aromatic rings. The molecule has 0 N–H and O–H groups in total. The minimum absolute atomic E-state index is 0.0894. The lowest BCUT2D eigenvalue weighted by Crippen LogP contribution is -2.48. The third-order valence-electron chi connectivity index (χ3n) is 2.84. The van der Waals surface area contributed by atoms with Crippen molar-refractivity contribution in [3.8, 4) is 0 Å². The summed E-state index contributed by atoms with van der Waals surface area (Å²) >= 11 is 3.30. The first-order chi connectivity index (χ1) is 6.56. The molecule has 0 aromatic carbocycles. The van der Waals surface area contributed by atoms with Crippen molar-refractivity contribution >= 4 is 21.8 Å². The van der Waals surface area contributed by atoms with E-state index in [2.05, 4.69) is 22.9 Å². The molecule has 0 aliphatic carbocycles. The molecule has 4 heteroatoms. The number of ether oxygens (including phenoxy) is 1. The fourth-order valence-corrected chi connectivity index (χ4v) is 2.08. The number of piperidine rings is 1. The van der Waals surface area contributed by atoms with Crippen LogP contribution in [0, 0.1) is 5.92 Å². The fraction of sp³-hybridized carbons (Fsp3) is 0.900. The molecule has 0 radical (unpaired) electrons. The molecule has 1 saturated heterocycles. The summed E-state index contributed by atoms with van der Waals surface area (Å²) in [6, 6.07) is 0. The van der Waals surface area contributed by atoms with E-state index in [1.165, 1.54) is 0 Å². The summed E-state index contributed by atoms with van der Waals surface area (Å²) in [6.07, 6.45) is 1.23. The number of methoxy groups -OCH3 is 1. The fourth-order valence-electron chi connectivity index (χ4n) is 1.79. The number of hydrogen-bond donors (Lipinski definition) is 0. The Labute approximate surface area is 93.9 Å². The molecule has 82 valence electrons. The van der Waals surface area contributed by atoms with E-state index in [0.29, 0.717) is 5.92 Å². The summed E-state index contributed by atoms with van der Waals surface area (Å²) in [5, 5.41) is 0. The van der Waals surface area contributed by atoms with Gasteiger partial charge in [0.25, 0.3) is 0 Å². The number of nitrogens with zero attached hydrogens (tertiary/aromatic N) is 1. The second-order valence-electron chi connectivity index (χ2n) is 3.94. The molecule has 0 bridgehead atoms. The van der Waals surface area contributed by atoms with Crippen molar-refractivity contribution in [1.82, 2.24) is 4.90 Å². The van der Waals surface area contributed by atoms with Gasteiger partial charge in [0.2, 0.25) is 5.91 Å². The first-order valence-corrected chi connectivity index (χ1v) is 5.93. The average Bonchev–Trinajstić information content (AvgIpc) is 2.17. The molecule has 0 saturated carbocycles. The van der Waals surface area contributed by atoms with Crippen LogP contribution in [0.5, 0.6) is 0 Å². The van der Waals surface area contributed by atoms with Gasteiger partial charge in [-0.1, -0.05) is 22.9 Å². The van der Waals surface area contributed by atoms with Crippen LogP contribution in [-0.4, -0.2) is 41.9 Å². The Morgan fingerprint density at radius 1 is 1.64 bits per heavy atom. The van der Waals surface area contributed by atoms with Crippen molar-refractivity contribution < 1.29 is 9.53 Å². The lowest BCUT2D eigenvalue weighted by atomic mass is 9.95. The van der Waals surface area contributed by atoms with E-state index in [1.54, 1.807) is 7.11 Å². The number of hydrogen-bond acceptors (Lipinski definition) is 2. The van der Waals surface area contributed by atoms with Crippen LogP contribution in [0.3, 0.4) is 0 Å². The standard InChI is InChI=1S/C10H18BrNO2/c1-7-4-5-12(6-9(7)14-3)10(13)8(2)11/h7-9H,4-6H2,1-3H3. The highest BCUT2D eigenvalue weighted by atomic mass is 79.9. The SMILES string of the molecule is COC1CN(C(=O)C(C)Br)CCC1C. The molecule has 1 aliphatic heterocycles. The minimum Gasteiger partial charge on any atom is -0.379 e. The van der Waals surface area contributed by atoms with Crippen molar-refractivity contribution in [2.24, 2.45) is 5.92 Å². The van der Waals surface area contributed by atoms with Crippen molar-refractivity contribution in [3.63, 3.8) is 0 Å². The number of rotatable bonds is 2. The summed E-state index contributed by atoms with van der Waals surface area (Å²) in [5.41, 5.74) is 0. The largest absolute Gasteiger partial charge is 0.379 e. The van der Waals surface area contributed by atoms with Gasteiger partial charge in [-0.25, -0.2) is 0 Å². The van der Waals surface area contributed by atoms with Gasteiger partial charge in [0.05, 0.1) is 10.9 Å². The van der Waals surface area contributed by atoms with E-state index in [0.717, 1.165) is 19.5 Å². The molecule has 1 rings (SSSR count). The topological polar surface area (TPSA) is 29.5 Å². The van der Waals surface area contributed by atoms with Crippen LogP contribution in [0.15, 0.2) is 0 Å². The Morgan fingerprint density at radius 3 is 2.79 bits per heavy atom. The smallest absolute Gasteiger partial charge is 0.236 e. The van der Waals surface area contributed by atoms with Crippen LogP contribution < -0.4 is 0 Å². The molecule has 3 unspecified atom stereocenters. The van der Waals surface area contributed by atoms with Crippen LogP contribution in [0.25, 0.3) is 0 Å². The predicted molar refractivity (Wildman–Crippen MR) is 59.5 cm³/mol. The van der Waals surface area contributed by atoms with Crippen LogP contribution in [0.2, 0.25) is 0 Å². The Hall–Kier alpha value is -0.0900. The summed E-state index contributed by atoms with van der Waals surface area (Å²) < 4.78 is 5.35. The first-order valence-electron chi connectivity index (χ1n) is 5.02. The third-order valence-corrected chi connectivity index (χ3v) is 3.24. The highest BCUT2D eigenvalue weighted by molar-refractivity contribution is 9.10. The van der Waals surface area contributed by atoms with E-state index in [1.807, 2.05) is 11.8 Å². The molecule has 3 atom stereocenters. The Kier molecular flexibility index (Phi) is 4.38. The van der Waals surface area contributed by atoms with Gasteiger partial charge in [0.1, 0.15) is 0 Å². The molecule has 1 amide bonds. The van der Waals surface area contributed by atoms with E-state index in [4.69, 9.17) is 4.74 Å². The molecular formula is C10H18BrNO2. The predicted octanol–water partition coefficient (Wildman–Crippen LogP) is 1.65. The Morgan fingerprint density at radius 2 is 2.29 bits per heavy atom. The summed E-state index contributed by atoms with van der Waals surface area (Å²) in [5.74, 6) is 0.716. The number of halogens is 1. The summed E-state index contributed by atoms with van der Waals surface area (Å²) in [7, 11) is 1.71. The van der Waals surface area contributed by atoms with Crippen LogP contribution in [0.1, 0.15) is 20.3 Å². The van der Waals surface area contributed by atoms with E-state index in [9.17, 15) is 4.79 Å². The summed E-state index contributed by atoms with van der Waals surface area (Å²) in [4.78, 5) is 13.5. The van der Waals surface area contributed by atoms with E-state index >= 15 is 0 Å². The molecule has 1 aliphatic rings. The molecule has 1 heterocycles. The third kappa shape index (κ3) is 2.70. The van der Waals surface area contributed by atoms with Gasteiger partial charge in [-0.2, -0.15) is 0 Å². The quantitative estimate of drug-likeness (QED) is 0.710. The van der Waals surface area contributed by atoms with Gasteiger partial charge >= 0.3 is 0 Å². The number of amides is 1. The van der Waals surface area contributed by atoms with Crippen molar-refractivity contribution in [2.75, 3.05) is 20.2 Å². The highest BCUT2D eigenvalue weighted by Crippen LogP contribution is 2.20. The second kappa shape index (κ2) is 5.12. The van der Waals surface area contributed by atoms with Crippen LogP contribution in [0.4, 0.5) is 0 Å². The Balaban J connectivity index is 2.54. The zero-order chi connectivity index (χ0) is 10.7. The Bertz CT molecular complexity index is 208. The molecule has 1 fully saturated rings. The maximum Gasteiger partial charge on any atom is 0.236 e. The monoisotopic (exact) mass is 263 g/mol. The summed E-state index contributed by atoms with van der Waals surface area (Å²) in [6.45, 7) is 5.62. The molecular weight excluding hydrogens is 246 g/mol. The molecule has 0 spiro atoms. The normalized spacial score (nSPS) is 30.1. The van der Waals surface area contributed by atoms with Gasteiger partial charge in [-0.05, 0) is 19.3 Å². The van der Waals surface area contributed by atoms with Gasteiger partial charge in [0.15, 0.2) is 0 Å².